The molecule has 1 aromatic rings. The zero-order valence-corrected chi connectivity index (χ0v) is 12.7. The number of hydrogen-bond donors (Lipinski definition) is 2. The zero-order valence-electron chi connectivity index (χ0n) is 12.7. The Morgan fingerprint density at radius 3 is 2.71 bits per heavy atom. The van der Waals surface area contributed by atoms with Crippen molar-refractivity contribution in [2.24, 2.45) is 11.7 Å². The monoisotopic (exact) mass is 293 g/mol. The molecule has 1 fully saturated rings. The fourth-order valence-corrected chi connectivity index (χ4v) is 2.98. The minimum atomic E-state index is -0.222. The fraction of sp³-hybridized carbons (Fsp3) is 0.562. The highest BCUT2D eigenvalue weighted by atomic mass is 19.1. The van der Waals surface area contributed by atoms with Crippen LogP contribution in [0.4, 0.5) is 10.1 Å². The number of nitrogens with one attached hydrogen (secondary N) is 1. The number of primary amides is 1. The van der Waals surface area contributed by atoms with Crippen LogP contribution in [0.1, 0.15) is 37.8 Å². The van der Waals surface area contributed by atoms with Crippen molar-refractivity contribution in [2.45, 2.75) is 32.2 Å². The maximum Gasteiger partial charge on any atom is 0.217 e. The lowest BCUT2D eigenvalue weighted by molar-refractivity contribution is -0.119. The zero-order chi connectivity index (χ0) is 15.4. The van der Waals surface area contributed by atoms with E-state index in [9.17, 15) is 9.18 Å². The summed E-state index contributed by atoms with van der Waals surface area (Å²) in [7, 11) is 1.87. The molecule has 0 spiro atoms. The van der Waals surface area contributed by atoms with Gasteiger partial charge in [-0.2, -0.15) is 0 Å². The summed E-state index contributed by atoms with van der Waals surface area (Å²) in [6, 6.07) is 5.06. The first kappa shape index (κ1) is 15.8. The molecular formula is C16H24FN3O. The predicted octanol–water partition coefficient (Wildman–Crippen LogP) is 2.20. The molecule has 2 rings (SSSR count). The van der Waals surface area contributed by atoms with Crippen LogP contribution in [0.2, 0.25) is 0 Å². The summed E-state index contributed by atoms with van der Waals surface area (Å²) in [5.74, 6) is -0.0523. The van der Waals surface area contributed by atoms with Crippen LogP contribution in [0.5, 0.6) is 0 Å². The van der Waals surface area contributed by atoms with Gasteiger partial charge in [0.25, 0.3) is 0 Å². The summed E-state index contributed by atoms with van der Waals surface area (Å²) in [4.78, 5) is 13.3. The van der Waals surface area contributed by atoms with E-state index in [1.165, 1.54) is 6.07 Å². The van der Waals surface area contributed by atoms with Gasteiger partial charge in [0.15, 0.2) is 0 Å². The molecule has 1 unspecified atom stereocenters. The average molecular weight is 293 g/mol. The molecule has 0 radical (unpaired) electrons. The fourth-order valence-electron chi connectivity index (χ4n) is 2.98. The second-order valence-electron chi connectivity index (χ2n) is 5.81. The molecule has 1 saturated heterocycles. The molecule has 1 aliphatic rings. The molecule has 0 bridgehead atoms. The molecule has 1 aliphatic heterocycles. The first-order valence-electron chi connectivity index (χ1n) is 7.51. The van der Waals surface area contributed by atoms with Crippen LogP contribution in [-0.4, -0.2) is 26.0 Å². The van der Waals surface area contributed by atoms with Crippen LogP contribution in [-0.2, 0) is 4.79 Å². The highest BCUT2D eigenvalue weighted by Gasteiger charge is 2.23. The van der Waals surface area contributed by atoms with Crippen molar-refractivity contribution >= 4 is 11.6 Å². The lowest BCUT2D eigenvalue weighted by Crippen LogP contribution is -2.36. The number of carbonyl (C=O) groups excluding carboxylic acids is 1. The van der Waals surface area contributed by atoms with Crippen molar-refractivity contribution in [3.8, 4) is 0 Å². The Morgan fingerprint density at radius 2 is 2.14 bits per heavy atom. The summed E-state index contributed by atoms with van der Waals surface area (Å²) >= 11 is 0. The van der Waals surface area contributed by atoms with Gasteiger partial charge in [-0.3, -0.25) is 4.79 Å². The van der Waals surface area contributed by atoms with E-state index in [1.54, 1.807) is 6.07 Å². The molecule has 116 valence electrons. The molecule has 0 saturated carbocycles. The van der Waals surface area contributed by atoms with Crippen molar-refractivity contribution in [3.63, 3.8) is 0 Å². The summed E-state index contributed by atoms with van der Waals surface area (Å²) in [6.45, 7) is 3.79. The van der Waals surface area contributed by atoms with Crippen LogP contribution >= 0.6 is 0 Å². The van der Waals surface area contributed by atoms with Crippen molar-refractivity contribution < 1.29 is 9.18 Å². The Kier molecular flexibility index (Phi) is 5.17. The van der Waals surface area contributed by atoms with Crippen LogP contribution in [0.25, 0.3) is 0 Å². The Bertz CT molecular complexity index is 498. The average Bonchev–Trinajstić information content (AvgIpc) is 2.47. The highest BCUT2D eigenvalue weighted by Crippen LogP contribution is 2.31. The number of halogens is 1. The Hall–Kier alpha value is -1.62. The van der Waals surface area contributed by atoms with E-state index in [1.807, 2.05) is 20.0 Å². The van der Waals surface area contributed by atoms with E-state index in [4.69, 9.17) is 5.73 Å². The normalized spacial score (nSPS) is 17.8. The van der Waals surface area contributed by atoms with Crippen LogP contribution in [0.15, 0.2) is 18.2 Å². The maximum absolute atomic E-state index is 13.5. The van der Waals surface area contributed by atoms with E-state index < -0.39 is 0 Å². The molecule has 3 N–H and O–H groups in total. The Morgan fingerprint density at radius 1 is 1.48 bits per heavy atom. The molecule has 1 aromatic carbocycles. The third-order valence-corrected chi connectivity index (χ3v) is 4.33. The Balaban J connectivity index is 2.11. The third kappa shape index (κ3) is 3.94. The quantitative estimate of drug-likeness (QED) is 0.875. The highest BCUT2D eigenvalue weighted by molar-refractivity contribution is 5.74. The van der Waals surface area contributed by atoms with Gasteiger partial charge in [0.2, 0.25) is 5.91 Å². The van der Waals surface area contributed by atoms with Gasteiger partial charge in [0.1, 0.15) is 5.82 Å². The van der Waals surface area contributed by atoms with E-state index >= 15 is 0 Å². The lowest BCUT2D eigenvalue weighted by atomic mass is 9.92. The molecule has 1 heterocycles. The summed E-state index contributed by atoms with van der Waals surface area (Å²) in [5, 5.41) is 3.17. The molecule has 1 amide bonds. The number of carbonyl (C=O) groups is 1. The number of nitrogens with two attached hydrogens (primary N) is 1. The van der Waals surface area contributed by atoms with Gasteiger partial charge in [0, 0.05) is 31.2 Å². The number of nitrogens with zero attached hydrogens (tertiary/aromatic N) is 1. The molecule has 0 aromatic heterocycles. The summed E-state index contributed by atoms with van der Waals surface area (Å²) < 4.78 is 13.5. The van der Waals surface area contributed by atoms with Crippen LogP contribution in [0.3, 0.4) is 0 Å². The van der Waals surface area contributed by atoms with Gasteiger partial charge in [-0.1, -0.05) is 0 Å². The molecule has 21 heavy (non-hydrogen) atoms. The van der Waals surface area contributed by atoms with Gasteiger partial charge >= 0.3 is 0 Å². The number of amides is 1. The van der Waals surface area contributed by atoms with Gasteiger partial charge in [0.05, 0.1) is 0 Å². The molecule has 1 atom stereocenters. The number of benzene rings is 1. The van der Waals surface area contributed by atoms with Gasteiger partial charge in [-0.15, -0.1) is 0 Å². The summed E-state index contributed by atoms with van der Waals surface area (Å²) in [5.41, 5.74) is 7.32. The SMILES string of the molecule is CNC(C)c1cc(F)ccc1N1CCC(CC(N)=O)CC1. The second kappa shape index (κ2) is 6.89. The van der Waals surface area contributed by atoms with Crippen LogP contribution in [0, 0.1) is 11.7 Å². The number of hydrogen-bond acceptors (Lipinski definition) is 3. The lowest BCUT2D eigenvalue weighted by Gasteiger charge is -2.35. The van der Waals surface area contributed by atoms with E-state index in [2.05, 4.69) is 10.2 Å². The van der Waals surface area contributed by atoms with E-state index in [0.29, 0.717) is 12.3 Å². The smallest absolute Gasteiger partial charge is 0.217 e. The largest absolute Gasteiger partial charge is 0.371 e. The van der Waals surface area contributed by atoms with Gasteiger partial charge < -0.3 is 16.0 Å². The first-order valence-corrected chi connectivity index (χ1v) is 7.51. The van der Waals surface area contributed by atoms with Crippen molar-refractivity contribution in [2.75, 3.05) is 25.0 Å². The van der Waals surface area contributed by atoms with Crippen molar-refractivity contribution in [3.05, 3.63) is 29.6 Å². The molecule has 0 aliphatic carbocycles. The summed E-state index contributed by atoms with van der Waals surface area (Å²) in [6.07, 6.45) is 2.37. The topological polar surface area (TPSA) is 58.4 Å². The minimum absolute atomic E-state index is 0.0963. The third-order valence-electron chi connectivity index (χ3n) is 4.33. The predicted molar refractivity (Wildman–Crippen MR) is 82.6 cm³/mol. The second-order valence-corrected chi connectivity index (χ2v) is 5.81. The maximum atomic E-state index is 13.5. The minimum Gasteiger partial charge on any atom is -0.371 e. The van der Waals surface area contributed by atoms with Crippen molar-refractivity contribution in [1.29, 1.82) is 0 Å². The Labute approximate surface area is 125 Å². The van der Waals surface area contributed by atoms with E-state index in [-0.39, 0.29) is 17.8 Å². The van der Waals surface area contributed by atoms with Gasteiger partial charge in [-0.05, 0) is 56.5 Å². The van der Waals surface area contributed by atoms with Gasteiger partial charge in [-0.25, -0.2) is 4.39 Å². The first-order chi connectivity index (χ1) is 10.0. The van der Waals surface area contributed by atoms with E-state index in [0.717, 1.165) is 37.2 Å². The molecule has 4 nitrogen and oxygen atoms in total. The van der Waals surface area contributed by atoms with Crippen molar-refractivity contribution in [1.82, 2.24) is 5.32 Å². The van der Waals surface area contributed by atoms with Crippen LogP contribution < -0.4 is 16.0 Å². The number of rotatable bonds is 5. The molecule has 5 heteroatoms. The molecular weight excluding hydrogens is 269 g/mol. The standard InChI is InChI=1S/C16H24FN3O/c1-11(19-2)14-10-13(17)3-4-15(14)20-7-5-12(6-8-20)9-16(18)21/h3-4,10-12,19H,5-9H2,1-2H3,(H2,18,21). The number of piperidine rings is 1. The number of anilines is 1.